The fraction of sp³-hybridized carbons (Fsp3) is 0.333. The van der Waals surface area contributed by atoms with Gasteiger partial charge in [0.05, 0.1) is 12.2 Å². The third kappa shape index (κ3) is 3.53. The second kappa shape index (κ2) is 6.89. The van der Waals surface area contributed by atoms with Crippen molar-refractivity contribution in [2.45, 2.75) is 23.9 Å². The molecule has 0 unspecified atom stereocenters. The lowest BCUT2D eigenvalue weighted by Crippen LogP contribution is -2.05. The molecule has 0 fully saturated rings. The van der Waals surface area contributed by atoms with Crippen LogP contribution in [0, 0.1) is 18.3 Å². The minimum Gasteiger partial charge on any atom is -0.462 e. The summed E-state index contributed by atoms with van der Waals surface area (Å²) in [5.41, 5.74) is 6.77. The molecule has 0 aromatic carbocycles. The van der Waals surface area contributed by atoms with Gasteiger partial charge < -0.3 is 10.5 Å². The Morgan fingerprint density at radius 1 is 1.48 bits per heavy atom. The van der Waals surface area contributed by atoms with Crippen LogP contribution >= 0.6 is 34.4 Å². The van der Waals surface area contributed by atoms with Gasteiger partial charge in [-0.3, -0.25) is 0 Å². The lowest BCUT2D eigenvalue weighted by molar-refractivity contribution is 0.0531. The van der Waals surface area contributed by atoms with Crippen LogP contribution in [0.5, 0.6) is 0 Å². The lowest BCUT2D eigenvalue weighted by Gasteiger charge is -2.03. The largest absolute Gasteiger partial charge is 0.462 e. The van der Waals surface area contributed by atoms with Gasteiger partial charge in [-0.05, 0) is 13.8 Å². The predicted octanol–water partition coefficient (Wildman–Crippen LogP) is 2.83. The molecule has 0 radical (unpaired) electrons. The molecule has 2 rings (SSSR count). The molecule has 9 heteroatoms. The van der Waals surface area contributed by atoms with E-state index >= 15 is 0 Å². The van der Waals surface area contributed by atoms with Gasteiger partial charge in [-0.1, -0.05) is 23.1 Å². The highest BCUT2D eigenvalue weighted by molar-refractivity contribution is 8.00. The Kier molecular flexibility index (Phi) is 5.17. The average molecular weight is 340 g/mol. The molecule has 0 spiro atoms. The van der Waals surface area contributed by atoms with Gasteiger partial charge in [0, 0.05) is 11.3 Å². The summed E-state index contributed by atoms with van der Waals surface area (Å²) in [7, 11) is 0. The molecule has 2 aromatic heterocycles. The van der Waals surface area contributed by atoms with Gasteiger partial charge in [0.15, 0.2) is 4.34 Å². The van der Waals surface area contributed by atoms with Crippen LogP contribution in [0.3, 0.4) is 0 Å². The number of hydrogen-bond acceptors (Lipinski definition) is 9. The lowest BCUT2D eigenvalue weighted by atomic mass is 10.2. The molecular weight excluding hydrogens is 328 g/mol. The Morgan fingerprint density at radius 2 is 2.24 bits per heavy atom. The van der Waals surface area contributed by atoms with Crippen LogP contribution in [0.15, 0.2) is 4.34 Å². The number of aromatic nitrogens is 2. The van der Waals surface area contributed by atoms with Gasteiger partial charge in [-0.2, -0.15) is 5.26 Å². The minimum absolute atomic E-state index is 0.278. The zero-order chi connectivity index (χ0) is 15.4. The predicted molar refractivity (Wildman–Crippen MR) is 83.6 cm³/mol. The summed E-state index contributed by atoms with van der Waals surface area (Å²) in [6, 6.07) is 2.05. The number of esters is 1. The number of carbonyl (C=O) groups excluding carboxylic acids is 1. The van der Waals surface area contributed by atoms with E-state index in [2.05, 4.69) is 16.3 Å². The summed E-state index contributed by atoms with van der Waals surface area (Å²) >= 11 is 3.98. The van der Waals surface area contributed by atoms with Crippen molar-refractivity contribution in [2.24, 2.45) is 0 Å². The molecule has 2 aromatic rings. The van der Waals surface area contributed by atoms with Crippen molar-refractivity contribution in [2.75, 3.05) is 12.3 Å². The first-order valence-electron chi connectivity index (χ1n) is 5.98. The van der Waals surface area contributed by atoms with Gasteiger partial charge in [0.1, 0.15) is 21.0 Å². The van der Waals surface area contributed by atoms with Crippen LogP contribution in [0.1, 0.15) is 32.7 Å². The van der Waals surface area contributed by atoms with Crippen molar-refractivity contribution < 1.29 is 9.53 Å². The van der Waals surface area contributed by atoms with Crippen LogP contribution in [-0.4, -0.2) is 22.8 Å². The van der Waals surface area contributed by atoms with E-state index in [1.165, 1.54) is 23.1 Å². The first-order valence-corrected chi connectivity index (χ1v) is 8.59. The Hall–Kier alpha value is -1.63. The Morgan fingerprint density at radius 3 is 2.81 bits per heavy atom. The number of nitrogen functional groups attached to an aromatic ring is 1. The molecule has 21 heavy (non-hydrogen) atoms. The van der Waals surface area contributed by atoms with Crippen molar-refractivity contribution in [1.82, 2.24) is 10.2 Å². The molecule has 0 bridgehead atoms. The van der Waals surface area contributed by atoms with Gasteiger partial charge >= 0.3 is 5.97 Å². The van der Waals surface area contributed by atoms with Crippen LogP contribution in [0.4, 0.5) is 5.00 Å². The maximum absolute atomic E-state index is 12.0. The number of thioether (sulfide) groups is 1. The number of aryl methyl sites for hydroxylation is 1. The molecule has 0 atom stereocenters. The van der Waals surface area contributed by atoms with Crippen molar-refractivity contribution in [3.63, 3.8) is 0 Å². The highest BCUT2D eigenvalue weighted by Gasteiger charge is 2.23. The van der Waals surface area contributed by atoms with E-state index in [-0.39, 0.29) is 6.61 Å². The van der Waals surface area contributed by atoms with Crippen LogP contribution in [0.25, 0.3) is 0 Å². The second-order valence-electron chi connectivity index (χ2n) is 3.86. The van der Waals surface area contributed by atoms with Crippen LogP contribution < -0.4 is 5.73 Å². The van der Waals surface area contributed by atoms with Gasteiger partial charge in [-0.15, -0.1) is 21.5 Å². The quantitative estimate of drug-likeness (QED) is 0.659. The summed E-state index contributed by atoms with van der Waals surface area (Å²) in [5.74, 6) is -0.0147. The summed E-state index contributed by atoms with van der Waals surface area (Å²) in [5, 5.41) is 18.4. The summed E-state index contributed by atoms with van der Waals surface area (Å²) in [4.78, 5) is 12.3. The molecule has 2 heterocycles. The SMILES string of the molecule is CCOC(=O)c1sc(N)c(C#N)c1CSc1nnc(C)s1. The van der Waals surface area contributed by atoms with E-state index < -0.39 is 5.97 Å². The number of hydrogen-bond donors (Lipinski definition) is 1. The molecule has 110 valence electrons. The fourth-order valence-electron chi connectivity index (χ4n) is 1.58. The molecule has 0 saturated carbocycles. The van der Waals surface area contributed by atoms with E-state index in [0.717, 1.165) is 20.7 Å². The molecule has 6 nitrogen and oxygen atoms in total. The molecule has 2 N–H and O–H groups in total. The summed E-state index contributed by atoms with van der Waals surface area (Å²) < 4.78 is 5.80. The standard InChI is InChI=1S/C12H12N4O2S3/c1-3-18-11(17)9-8(7(4-13)10(14)21-9)5-19-12-16-15-6(2)20-12/h3,5,14H2,1-2H3. The number of nitriles is 1. The average Bonchev–Trinajstić information content (AvgIpc) is 3.00. The number of thiophene rings is 1. The molecule has 0 aliphatic rings. The van der Waals surface area contributed by atoms with Crippen LogP contribution in [-0.2, 0) is 10.5 Å². The Bertz CT molecular complexity index is 702. The van der Waals surface area contributed by atoms with Gasteiger partial charge in [0.25, 0.3) is 0 Å². The number of anilines is 1. The number of nitrogens with zero attached hydrogens (tertiary/aromatic N) is 3. The highest BCUT2D eigenvalue weighted by atomic mass is 32.2. The summed E-state index contributed by atoms with van der Waals surface area (Å²) in [6.45, 7) is 3.88. The smallest absolute Gasteiger partial charge is 0.348 e. The Labute approximate surface area is 133 Å². The van der Waals surface area contributed by atoms with Crippen molar-refractivity contribution in [1.29, 1.82) is 5.26 Å². The third-order valence-electron chi connectivity index (χ3n) is 2.45. The highest BCUT2D eigenvalue weighted by Crippen LogP contribution is 2.36. The third-order valence-corrected chi connectivity index (χ3v) is 5.49. The zero-order valence-corrected chi connectivity index (χ0v) is 13.8. The first kappa shape index (κ1) is 15.8. The van der Waals surface area contributed by atoms with E-state index in [1.807, 2.05) is 6.92 Å². The normalized spacial score (nSPS) is 10.3. The van der Waals surface area contributed by atoms with Gasteiger partial charge in [-0.25, -0.2) is 4.79 Å². The van der Waals surface area contributed by atoms with Crippen LogP contribution in [0.2, 0.25) is 0 Å². The molecule has 0 amide bonds. The van der Waals surface area contributed by atoms with Crippen molar-refractivity contribution in [3.8, 4) is 6.07 Å². The van der Waals surface area contributed by atoms with Crippen molar-refractivity contribution in [3.05, 3.63) is 21.0 Å². The number of rotatable bonds is 5. The van der Waals surface area contributed by atoms with E-state index in [9.17, 15) is 10.1 Å². The van der Waals surface area contributed by atoms with E-state index in [1.54, 1.807) is 6.92 Å². The van der Waals surface area contributed by atoms with E-state index in [0.29, 0.717) is 26.8 Å². The topological polar surface area (TPSA) is 102 Å². The number of carbonyl (C=O) groups is 1. The molecule has 0 aliphatic carbocycles. The molecule has 0 saturated heterocycles. The minimum atomic E-state index is -0.445. The molecular formula is C12H12N4O2S3. The Balaban J connectivity index is 2.27. The maximum Gasteiger partial charge on any atom is 0.348 e. The number of nitrogens with two attached hydrogens (primary N) is 1. The monoisotopic (exact) mass is 340 g/mol. The fourth-order valence-corrected chi connectivity index (χ4v) is 4.44. The summed E-state index contributed by atoms with van der Waals surface area (Å²) in [6.07, 6.45) is 0. The number of ether oxygens (including phenoxy) is 1. The first-order chi connectivity index (χ1) is 10.1. The maximum atomic E-state index is 12.0. The second-order valence-corrected chi connectivity index (χ2v) is 7.31. The van der Waals surface area contributed by atoms with E-state index in [4.69, 9.17) is 10.5 Å². The zero-order valence-electron chi connectivity index (χ0n) is 11.4. The van der Waals surface area contributed by atoms with Crippen molar-refractivity contribution >= 4 is 45.4 Å². The van der Waals surface area contributed by atoms with Gasteiger partial charge in [0.2, 0.25) is 0 Å². The molecule has 0 aliphatic heterocycles.